The smallest absolute Gasteiger partial charge is 0.271 e. The quantitative estimate of drug-likeness (QED) is 0.198. The average Bonchev–Trinajstić information content (AvgIpc) is 2.78. The monoisotopic (exact) mass is 495 g/mol. The fourth-order valence-electron chi connectivity index (χ4n) is 2.72. The first-order valence-electron chi connectivity index (χ1n) is 9.20. The number of hydrogen-bond acceptors (Lipinski definition) is 5. The fraction of sp³-hybridized carbons (Fsp3) is 0.0435. The van der Waals surface area contributed by atoms with Crippen LogP contribution in [0.4, 0.5) is 15.8 Å². The van der Waals surface area contributed by atoms with E-state index in [9.17, 15) is 24.6 Å². The van der Waals surface area contributed by atoms with Gasteiger partial charge in [-0.25, -0.2) is 4.39 Å². The molecular formula is C23H15BrFN3O4. The molecule has 160 valence electrons. The van der Waals surface area contributed by atoms with Crippen LogP contribution < -0.4 is 10.1 Å². The number of nitrogens with zero attached hydrogens (tertiary/aromatic N) is 2. The Kier molecular flexibility index (Phi) is 7.31. The molecule has 0 unspecified atom stereocenters. The lowest BCUT2D eigenvalue weighted by Crippen LogP contribution is -2.14. The molecule has 3 aromatic rings. The van der Waals surface area contributed by atoms with Gasteiger partial charge in [0.1, 0.15) is 29.8 Å². The lowest BCUT2D eigenvalue weighted by Gasteiger charge is -2.11. The molecule has 0 aromatic heterocycles. The van der Waals surface area contributed by atoms with Gasteiger partial charge in [0.2, 0.25) is 0 Å². The predicted molar refractivity (Wildman–Crippen MR) is 120 cm³/mol. The second kappa shape index (κ2) is 10.3. The minimum atomic E-state index is -0.916. The van der Waals surface area contributed by atoms with Crippen LogP contribution in [0, 0.1) is 27.3 Å². The zero-order valence-electron chi connectivity index (χ0n) is 16.4. The first kappa shape index (κ1) is 22.7. The van der Waals surface area contributed by atoms with Gasteiger partial charge < -0.3 is 10.1 Å². The van der Waals surface area contributed by atoms with E-state index < -0.39 is 28.0 Å². The lowest BCUT2D eigenvalue weighted by atomic mass is 10.1. The number of benzene rings is 3. The van der Waals surface area contributed by atoms with Gasteiger partial charge in [-0.15, -0.1) is 0 Å². The molecule has 0 aliphatic rings. The van der Waals surface area contributed by atoms with Crippen LogP contribution in [0.5, 0.6) is 5.75 Å². The molecule has 1 amide bonds. The molecule has 0 fully saturated rings. The Morgan fingerprint density at radius 1 is 1.19 bits per heavy atom. The van der Waals surface area contributed by atoms with E-state index >= 15 is 0 Å². The Bertz CT molecular complexity index is 1240. The van der Waals surface area contributed by atoms with E-state index in [2.05, 4.69) is 21.2 Å². The Morgan fingerprint density at radius 3 is 2.62 bits per heavy atom. The molecule has 0 aliphatic carbocycles. The average molecular weight is 496 g/mol. The third kappa shape index (κ3) is 5.77. The third-order valence-corrected chi connectivity index (χ3v) is 4.78. The maximum absolute atomic E-state index is 14.0. The van der Waals surface area contributed by atoms with Gasteiger partial charge >= 0.3 is 0 Å². The van der Waals surface area contributed by atoms with Crippen LogP contribution in [-0.4, -0.2) is 10.8 Å². The summed E-state index contributed by atoms with van der Waals surface area (Å²) in [6.45, 7) is 0.274. The number of rotatable bonds is 7. The van der Waals surface area contributed by atoms with E-state index in [0.717, 1.165) is 23.8 Å². The van der Waals surface area contributed by atoms with E-state index in [1.807, 2.05) is 30.3 Å². The van der Waals surface area contributed by atoms with Gasteiger partial charge in [-0.05, 0) is 35.9 Å². The van der Waals surface area contributed by atoms with Crippen molar-refractivity contribution in [3.05, 3.63) is 104 Å². The van der Waals surface area contributed by atoms with Crippen LogP contribution in [0.3, 0.4) is 0 Å². The number of ether oxygens (including phenoxy) is 1. The van der Waals surface area contributed by atoms with Crippen molar-refractivity contribution in [2.75, 3.05) is 5.32 Å². The second-order valence-electron chi connectivity index (χ2n) is 6.50. The highest BCUT2D eigenvalue weighted by Gasteiger charge is 2.16. The molecule has 1 N–H and O–H groups in total. The molecule has 0 heterocycles. The molecule has 0 bridgehead atoms. The summed E-state index contributed by atoms with van der Waals surface area (Å²) in [5.41, 5.74) is 0.248. The van der Waals surface area contributed by atoms with Crippen LogP contribution in [-0.2, 0) is 11.4 Å². The number of non-ortho nitro benzene ring substituents is 1. The van der Waals surface area contributed by atoms with Crippen LogP contribution in [0.25, 0.3) is 6.08 Å². The highest BCUT2D eigenvalue weighted by atomic mass is 79.9. The number of halogens is 2. The highest BCUT2D eigenvalue weighted by Crippen LogP contribution is 2.27. The Balaban J connectivity index is 1.86. The Labute approximate surface area is 191 Å². The summed E-state index contributed by atoms with van der Waals surface area (Å²) >= 11 is 3.34. The van der Waals surface area contributed by atoms with Crippen LogP contribution in [0.2, 0.25) is 0 Å². The molecule has 0 aliphatic heterocycles. The van der Waals surface area contributed by atoms with Crippen LogP contribution >= 0.6 is 15.9 Å². The third-order valence-electron chi connectivity index (χ3n) is 4.28. The SMILES string of the molecule is N#C/C(=C\c1cc(Br)ccc1OCc1ccccc1)C(=O)Nc1cc([N+](=O)[O-])ccc1F. The normalized spacial score (nSPS) is 10.8. The van der Waals surface area contributed by atoms with Gasteiger partial charge in [0.05, 0.1) is 10.6 Å². The molecule has 3 rings (SSSR count). The van der Waals surface area contributed by atoms with Gasteiger partial charge in [0.15, 0.2) is 0 Å². The van der Waals surface area contributed by atoms with Crippen molar-refractivity contribution in [2.24, 2.45) is 0 Å². The van der Waals surface area contributed by atoms with E-state index in [0.29, 0.717) is 15.8 Å². The standard InChI is InChI=1S/C23H15BrFN3O4/c24-18-6-9-22(32-14-15-4-2-1-3-5-15)16(11-18)10-17(13-26)23(29)27-21-12-19(28(30)31)7-8-20(21)25/h1-12H,14H2,(H,27,29)/b17-10+. The summed E-state index contributed by atoms with van der Waals surface area (Å²) in [5.74, 6) is -1.35. The Morgan fingerprint density at radius 2 is 1.94 bits per heavy atom. The number of nitrogens with one attached hydrogen (secondary N) is 1. The molecule has 0 saturated heterocycles. The largest absolute Gasteiger partial charge is 0.488 e. The summed E-state index contributed by atoms with van der Waals surface area (Å²) in [7, 11) is 0. The number of anilines is 1. The molecule has 3 aromatic carbocycles. The molecule has 32 heavy (non-hydrogen) atoms. The summed E-state index contributed by atoms with van der Waals surface area (Å²) in [4.78, 5) is 22.8. The van der Waals surface area contributed by atoms with Crippen molar-refractivity contribution < 1.29 is 18.8 Å². The Hall–Kier alpha value is -4.03. The van der Waals surface area contributed by atoms with Gasteiger partial charge in [0.25, 0.3) is 11.6 Å². The van der Waals surface area contributed by atoms with Gasteiger partial charge in [0, 0.05) is 22.2 Å². The summed E-state index contributed by atoms with van der Waals surface area (Å²) < 4.78 is 20.5. The van der Waals surface area contributed by atoms with Crippen molar-refractivity contribution >= 4 is 39.3 Å². The van der Waals surface area contributed by atoms with Crippen LogP contribution in [0.1, 0.15) is 11.1 Å². The van der Waals surface area contributed by atoms with Crippen molar-refractivity contribution in [2.45, 2.75) is 6.61 Å². The minimum absolute atomic E-state index is 0.274. The van der Waals surface area contributed by atoms with E-state index in [1.165, 1.54) is 6.08 Å². The summed E-state index contributed by atoms with van der Waals surface area (Å²) in [6, 6.07) is 19.1. The van der Waals surface area contributed by atoms with Crippen molar-refractivity contribution in [3.63, 3.8) is 0 Å². The molecule has 9 heteroatoms. The molecule has 7 nitrogen and oxygen atoms in total. The first-order valence-corrected chi connectivity index (χ1v) is 10.00. The molecule has 0 radical (unpaired) electrons. The number of amides is 1. The minimum Gasteiger partial charge on any atom is -0.488 e. The number of nitro groups is 1. The first-order chi connectivity index (χ1) is 15.4. The number of nitro benzene ring substituents is 1. The zero-order valence-corrected chi connectivity index (χ0v) is 18.0. The molecular weight excluding hydrogens is 481 g/mol. The predicted octanol–water partition coefficient (Wildman–Crippen LogP) is 5.62. The van der Waals surface area contributed by atoms with Crippen LogP contribution in [0.15, 0.2) is 76.8 Å². The molecule has 0 saturated carbocycles. The molecule has 0 atom stereocenters. The maximum Gasteiger partial charge on any atom is 0.271 e. The van der Waals surface area contributed by atoms with Crippen molar-refractivity contribution in [3.8, 4) is 11.8 Å². The number of carbonyl (C=O) groups is 1. The number of carbonyl (C=O) groups excluding carboxylic acids is 1. The summed E-state index contributed by atoms with van der Waals surface area (Å²) in [6.07, 6.45) is 1.30. The maximum atomic E-state index is 14.0. The van der Waals surface area contributed by atoms with E-state index in [-0.39, 0.29) is 12.2 Å². The van der Waals surface area contributed by atoms with Gasteiger partial charge in [-0.3, -0.25) is 14.9 Å². The fourth-order valence-corrected chi connectivity index (χ4v) is 3.09. The van der Waals surface area contributed by atoms with E-state index in [4.69, 9.17) is 4.74 Å². The highest BCUT2D eigenvalue weighted by molar-refractivity contribution is 9.10. The molecule has 0 spiro atoms. The second-order valence-corrected chi connectivity index (χ2v) is 7.42. The number of nitriles is 1. The van der Waals surface area contributed by atoms with E-state index in [1.54, 1.807) is 24.3 Å². The summed E-state index contributed by atoms with van der Waals surface area (Å²) in [5, 5.41) is 22.6. The number of hydrogen-bond donors (Lipinski definition) is 1. The van der Waals surface area contributed by atoms with Crippen molar-refractivity contribution in [1.29, 1.82) is 5.26 Å². The lowest BCUT2D eigenvalue weighted by molar-refractivity contribution is -0.384. The van der Waals surface area contributed by atoms with Crippen molar-refractivity contribution in [1.82, 2.24) is 0 Å². The van der Waals surface area contributed by atoms with Gasteiger partial charge in [-0.2, -0.15) is 5.26 Å². The van der Waals surface area contributed by atoms with Gasteiger partial charge in [-0.1, -0.05) is 46.3 Å². The topological polar surface area (TPSA) is 105 Å². The zero-order chi connectivity index (χ0) is 23.1.